The van der Waals surface area contributed by atoms with Crippen molar-refractivity contribution in [2.75, 3.05) is 5.73 Å². The standard InChI is InChI=1S/C10H13N6O6P/c11-10-12-7-6(8(18)13-10)14-15-16(7)9-5(17)3-4(22-9)1-2-23(19,20)21/h1-2,4-5,9,17H,3H2,(H2,19,20,21)(H3,11,12,13,18)/b2-1+/t4-,5-,9-/m1/s1. The van der Waals surface area contributed by atoms with E-state index >= 15 is 0 Å². The smallest absolute Gasteiger partial charge is 0.348 e. The minimum atomic E-state index is -4.32. The highest BCUT2D eigenvalue weighted by molar-refractivity contribution is 7.55. The van der Waals surface area contributed by atoms with Gasteiger partial charge in [-0.15, -0.1) is 5.10 Å². The van der Waals surface area contributed by atoms with Crippen molar-refractivity contribution in [2.24, 2.45) is 0 Å². The average molecular weight is 344 g/mol. The minimum Gasteiger partial charge on any atom is -0.388 e. The largest absolute Gasteiger partial charge is 0.388 e. The number of aromatic amines is 1. The number of aliphatic hydroxyl groups excluding tert-OH is 1. The highest BCUT2D eigenvalue weighted by Gasteiger charge is 2.36. The van der Waals surface area contributed by atoms with Gasteiger partial charge < -0.3 is 25.4 Å². The van der Waals surface area contributed by atoms with E-state index in [4.69, 9.17) is 20.3 Å². The van der Waals surface area contributed by atoms with Crippen LogP contribution < -0.4 is 11.3 Å². The predicted molar refractivity (Wildman–Crippen MR) is 76.1 cm³/mol. The number of rotatable bonds is 3. The zero-order valence-corrected chi connectivity index (χ0v) is 12.4. The molecule has 1 aliphatic rings. The van der Waals surface area contributed by atoms with Crippen LogP contribution in [0.1, 0.15) is 12.6 Å². The lowest BCUT2D eigenvalue weighted by Crippen LogP contribution is -2.22. The van der Waals surface area contributed by atoms with Crippen LogP contribution in [0, 0.1) is 0 Å². The molecule has 0 saturated carbocycles. The van der Waals surface area contributed by atoms with Gasteiger partial charge in [-0.25, -0.2) is 0 Å². The van der Waals surface area contributed by atoms with Crippen molar-refractivity contribution in [3.8, 4) is 0 Å². The van der Waals surface area contributed by atoms with Crippen LogP contribution in [0.15, 0.2) is 16.7 Å². The number of H-pyrrole nitrogens is 1. The molecular formula is C10H13N6O6P. The third-order valence-corrected chi connectivity index (χ3v) is 3.77. The van der Waals surface area contributed by atoms with Gasteiger partial charge in [-0.1, -0.05) is 5.21 Å². The maximum Gasteiger partial charge on any atom is 0.348 e. The number of ether oxygens (including phenoxy) is 1. The number of nitrogen functional groups attached to an aromatic ring is 1. The molecule has 0 aromatic carbocycles. The van der Waals surface area contributed by atoms with Crippen LogP contribution in [0.2, 0.25) is 0 Å². The Morgan fingerprint density at radius 2 is 2.22 bits per heavy atom. The average Bonchev–Trinajstić information content (AvgIpc) is 2.99. The van der Waals surface area contributed by atoms with E-state index in [2.05, 4.69) is 20.3 Å². The summed E-state index contributed by atoms with van der Waals surface area (Å²) >= 11 is 0. The topological polar surface area (TPSA) is 189 Å². The Hall–Kier alpha value is -2.11. The summed E-state index contributed by atoms with van der Waals surface area (Å²) in [5.74, 6) is 0.559. The van der Waals surface area contributed by atoms with Crippen molar-refractivity contribution in [3.63, 3.8) is 0 Å². The first-order valence-electron chi connectivity index (χ1n) is 6.43. The van der Waals surface area contributed by atoms with Gasteiger partial charge in [0, 0.05) is 12.2 Å². The van der Waals surface area contributed by atoms with Crippen molar-refractivity contribution in [1.82, 2.24) is 25.0 Å². The third kappa shape index (κ3) is 3.16. The molecule has 0 radical (unpaired) electrons. The summed E-state index contributed by atoms with van der Waals surface area (Å²) in [5.41, 5.74) is 4.86. The van der Waals surface area contributed by atoms with E-state index in [1.54, 1.807) is 0 Å². The molecule has 2 aromatic rings. The monoisotopic (exact) mass is 344 g/mol. The number of nitrogens with zero attached hydrogens (tertiary/aromatic N) is 4. The second kappa shape index (κ2) is 5.51. The van der Waals surface area contributed by atoms with Crippen molar-refractivity contribution in [1.29, 1.82) is 0 Å². The zero-order valence-electron chi connectivity index (χ0n) is 11.5. The number of aromatic nitrogens is 5. The Morgan fingerprint density at radius 3 is 2.91 bits per heavy atom. The van der Waals surface area contributed by atoms with Crippen molar-refractivity contribution in [3.05, 3.63) is 22.2 Å². The van der Waals surface area contributed by atoms with Crippen LogP contribution >= 0.6 is 7.60 Å². The van der Waals surface area contributed by atoms with Gasteiger partial charge in [0.25, 0.3) is 5.56 Å². The normalized spacial score (nSPS) is 25.6. The molecule has 2 aromatic heterocycles. The summed E-state index contributed by atoms with van der Waals surface area (Å²) in [6, 6.07) is 0. The van der Waals surface area contributed by atoms with Gasteiger partial charge in [-0.05, 0) is 6.08 Å². The van der Waals surface area contributed by atoms with Gasteiger partial charge in [0.2, 0.25) is 5.95 Å². The van der Waals surface area contributed by atoms with E-state index in [-0.39, 0.29) is 23.5 Å². The lowest BCUT2D eigenvalue weighted by molar-refractivity contribution is -0.0313. The first kappa shape index (κ1) is 15.8. The molecule has 124 valence electrons. The second-order valence-electron chi connectivity index (χ2n) is 4.96. The first-order chi connectivity index (χ1) is 10.7. The third-order valence-electron chi connectivity index (χ3n) is 3.21. The molecule has 3 rings (SSSR count). The molecule has 1 aliphatic heterocycles. The second-order valence-corrected chi connectivity index (χ2v) is 6.43. The number of nitrogens with one attached hydrogen (secondary N) is 1. The summed E-state index contributed by atoms with van der Waals surface area (Å²) in [7, 11) is -4.32. The van der Waals surface area contributed by atoms with Gasteiger partial charge in [-0.3, -0.25) is 14.3 Å². The van der Waals surface area contributed by atoms with E-state index in [0.717, 1.165) is 10.8 Å². The maximum atomic E-state index is 11.7. The number of aliphatic hydroxyl groups is 1. The molecule has 3 heterocycles. The fraction of sp³-hybridized carbons (Fsp3) is 0.400. The number of hydrogen-bond acceptors (Lipinski definition) is 8. The molecule has 1 fully saturated rings. The first-order valence-corrected chi connectivity index (χ1v) is 8.11. The molecule has 0 aliphatic carbocycles. The fourth-order valence-electron chi connectivity index (χ4n) is 2.26. The van der Waals surface area contributed by atoms with E-state index in [0.29, 0.717) is 5.82 Å². The molecule has 13 heteroatoms. The van der Waals surface area contributed by atoms with Gasteiger partial charge in [0.1, 0.15) is 6.10 Å². The van der Waals surface area contributed by atoms with Crippen LogP contribution in [0.4, 0.5) is 5.95 Å². The molecule has 23 heavy (non-hydrogen) atoms. The van der Waals surface area contributed by atoms with Crippen molar-refractivity contribution < 1.29 is 24.2 Å². The lowest BCUT2D eigenvalue weighted by atomic mass is 10.2. The van der Waals surface area contributed by atoms with Crippen molar-refractivity contribution in [2.45, 2.75) is 24.9 Å². The van der Waals surface area contributed by atoms with Crippen LogP contribution in [0.25, 0.3) is 11.2 Å². The maximum absolute atomic E-state index is 11.7. The van der Waals surface area contributed by atoms with Crippen LogP contribution in [0.3, 0.4) is 0 Å². The summed E-state index contributed by atoms with van der Waals surface area (Å²) in [6.07, 6.45) is -1.53. The number of nitrogens with two attached hydrogens (primary N) is 1. The minimum absolute atomic E-state index is 0.0370. The van der Waals surface area contributed by atoms with E-state index in [1.807, 2.05) is 0 Å². The summed E-state index contributed by atoms with van der Waals surface area (Å²) in [6.45, 7) is 0. The molecule has 0 unspecified atom stereocenters. The highest BCUT2D eigenvalue weighted by Crippen LogP contribution is 2.38. The summed E-state index contributed by atoms with van der Waals surface area (Å²) in [4.78, 5) is 35.5. The summed E-state index contributed by atoms with van der Waals surface area (Å²) in [5, 5.41) is 17.5. The molecule has 0 bridgehead atoms. The molecular weight excluding hydrogens is 331 g/mol. The van der Waals surface area contributed by atoms with E-state index < -0.39 is 31.6 Å². The van der Waals surface area contributed by atoms with Crippen LogP contribution in [-0.4, -0.2) is 52.1 Å². The molecule has 0 spiro atoms. The van der Waals surface area contributed by atoms with Crippen LogP contribution in [-0.2, 0) is 9.30 Å². The van der Waals surface area contributed by atoms with Gasteiger partial charge in [-0.2, -0.15) is 9.67 Å². The molecule has 1 saturated heterocycles. The quantitative estimate of drug-likeness (QED) is 0.407. The Kier molecular flexibility index (Phi) is 3.78. The predicted octanol–water partition coefficient (Wildman–Crippen LogP) is -1.56. The van der Waals surface area contributed by atoms with Crippen LogP contribution in [0.5, 0.6) is 0 Å². The SMILES string of the molecule is Nc1nc2c(nnn2[C@@H]2O[C@H](/C=C/P(=O)(O)O)C[C@H]2O)c(=O)[nH]1. The Bertz CT molecular complexity index is 870. The fourth-order valence-corrected chi connectivity index (χ4v) is 2.68. The zero-order chi connectivity index (χ0) is 16.8. The Labute approximate surface area is 127 Å². The Morgan fingerprint density at radius 1 is 1.48 bits per heavy atom. The van der Waals surface area contributed by atoms with E-state index in [9.17, 15) is 14.5 Å². The van der Waals surface area contributed by atoms with Gasteiger partial charge in [0.15, 0.2) is 17.4 Å². The molecule has 0 amide bonds. The number of hydrogen-bond donors (Lipinski definition) is 5. The molecule has 12 nitrogen and oxygen atoms in total. The Balaban J connectivity index is 1.92. The number of fused-ring (bicyclic) bond motifs is 1. The number of anilines is 1. The van der Waals surface area contributed by atoms with E-state index in [1.165, 1.54) is 0 Å². The van der Waals surface area contributed by atoms with Crippen molar-refractivity contribution >= 4 is 24.7 Å². The lowest BCUT2D eigenvalue weighted by Gasteiger charge is -2.14. The summed E-state index contributed by atoms with van der Waals surface area (Å²) < 4.78 is 17.4. The van der Waals surface area contributed by atoms with Gasteiger partial charge >= 0.3 is 7.60 Å². The van der Waals surface area contributed by atoms with Gasteiger partial charge in [0.05, 0.1) is 6.10 Å². The molecule has 3 atom stereocenters. The highest BCUT2D eigenvalue weighted by atomic mass is 31.2. The molecule has 6 N–H and O–H groups in total.